The van der Waals surface area contributed by atoms with Crippen LogP contribution in [0.5, 0.6) is 0 Å². The zero-order chi connectivity index (χ0) is 9.42. The molecule has 0 radical (unpaired) electrons. The van der Waals surface area contributed by atoms with Crippen molar-refractivity contribution in [1.82, 2.24) is 9.88 Å². The smallest absolute Gasteiger partial charge is 0.297 e. The first-order valence-corrected chi connectivity index (χ1v) is 4.50. The number of hydrogen-bond donors (Lipinski definition) is 0. The van der Waals surface area contributed by atoms with Gasteiger partial charge in [0.05, 0.1) is 5.69 Å². The van der Waals surface area contributed by atoms with E-state index in [4.69, 9.17) is 4.42 Å². The van der Waals surface area contributed by atoms with Crippen LogP contribution >= 0.6 is 0 Å². The molecule has 0 spiro atoms. The average molecular weight is 181 g/mol. The number of aromatic nitrogens is 1. The van der Waals surface area contributed by atoms with E-state index in [1.165, 1.54) is 0 Å². The minimum atomic E-state index is 0.646. The maximum absolute atomic E-state index is 5.29. The van der Waals surface area contributed by atoms with Crippen molar-refractivity contribution in [2.45, 2.75) is 13.0 Å². The second-order valence-electron chi connectivity index (χ2n) is 3.79. The molecule has 0 N–H and O–H groups in total. The predicted molar refractivity (Wildman–Crippen MR) is 50.9 cm³/mol. The van der Waals surface area contributed by atoms with Crippen molar-refractivity contribution in [1.29, 1.82) is 0 Å². The molecular weight excluding hydrogens is 166 g/mol. The van der Waals surface area contributed by atoms with Crippen LogP contribution in [0, 0.1) is 6.92 Å². The molecule has 4 heteroatoms. The molecule has 0 bridgehead atoms. The van der Waals surface area contributed by atoms with Gasteiger partial charge in [0.25, 0.3) is 6.01 Å². The molecule has 1 aliphatic heterocycles. The number of rotatable bonds is 2. The van der Waals surface area contributed by atoms with E-state index < -0.39 is 0 Å². The number of hydrogen-bond acceptors (Lipinski definition) is 4. The largest absolute Gasteiger partial charge is 0.432 e. The van der Waals surface area contributed by atoms with Crippen LogP contribution in [0.1, 0.15) is 5.69 Å². The van der Waals surface area contributed by atoms with E-state index in [0.29, 0.717) is 6.04 Å². The number of anilines is 1. The minimum Gasteiger partial charge on any atom is -0.432 e. The number of oxazole rings is 1. The molecule has 2 heterocycles. The highest BCUT2D eigenvalue weighted by molar-refractivity contribution is 5.32. The van der Waals surface area contributed by atoms with Gasteiger partial charge in [0.1, 0.15) is 6.26 Å². The first-order chi connectivity index (χ1) is 6.16. The molecule has 72 valence electrons. The van der Waals surface area contributed by atoms with Crippen LogP contribution in [-0.4, -0.2) is 43.1 Å². The molecule has 1 aromatic heterocycles. The summed E-state index contributed by atoms with van der Waals surface area (Å²) >= 11 is 0. The lowest BCUT2D eigenvalue weighted by Crippen LogP contribution is -2.57. The van der Waals surface area contributed by atoms with Gasteiger partial charge in [-0.2, -0.15) is 4.98 Å². The quantitative estimate of drug-likeness (QED) is 0.673. The van der Waals surface area contributed by atoms with E-state index in [1.54, 1.807) is 6.26 Å². The van der Waals surface area contributed by atoms with Gasteiger partial charge in [-0.15, -0.1) is 0 Å². The molecule has 13 heavy (non-hydrogen) atoms. The molecule has 1 aromatic rings. The lowest BCUT2D eigenvalue weighted by atomic mass is 10.1. The fraction of sp³-hybridized carbons (Fsp3) is 0.667. The lowest BCUT2D eigenvalue weighted by Gasteiger charge is -2.41. The van der Waals surface area contributed by atoms with Gasteiger partial charge in [-0.25, -0.2) is 0 Å². The fourth-order valence-electron chi connectivity index (χ4n) is 1.42. The topological polar surface area (TPSA) is 32.5 Å². The highest BCUT2D eigenvalue weighted by Crippen LogP contribution is 2.21. The molecule has 0 aromatic carbocycles. The van der Waals surface area contributed by atoms with Crippen LogP contribution in [0.25, 0.3) is 0 Å². The molecule has 0 atom stereocenters. The zero-order valence-corrected chi connectivity index (χ0v) is 8.32. The second-order valence-corrected chi connectivity index (χ2v) is 3.79. The van der Waals surface area contributed by atoms with E-state index in [1.807, 2.05) is 6.92 Å². The van der Waals surface area contributed by atoms with E-state index in [-0.39, 0.29) is 0 Å². The van der Waals surface area contributed by atoms with Crippen molar-refractivity contribution in [2.24, 2.45) is 0 Å². The Hall–Kier alpha value is -1.03. The van der Waals surface area contributed by atoms with Gasteiger partial charge < -0.3 is 14.2 Å². The van der Waals surface area contributed by atoms with E-state index in [0.717, 1.165) is 24.8 Å². The minimum absolute atomic E-state index is 0.646. The molecule has 1 fully saturated rings. The molecule has 0 aliphatic carbocycles. The Morgan fingerprint density at radius 1 is 1.54 bits per heavy atom. The number of likely N-dealkylation sites (N-methyl/N-ethyl adjacent to an activating group) is 1. The van der Waals surface area contributed by atoms with Gasteiger partial charge in [-0.05, 0) is 21.0 Å². The number of aryl methyl sites for hydroxylation is 1. The van der Waals surface area contributed by atoms with Crippen LogP contribution in [0.3, 0.4) is 0 Å². The zero-order valence-electron chi connectivity index (χ0n) is 8.32. The normalized spacial score (nSPS) is 18.0. The van der Waals surface area contributed by atoms with Gasteiger partial charge in [0, 0.05) is 19.1 Å². The molecule has 1 aliphatic rings. The van der Waals surface area contributed by atoms with Crippen molar-refractivity contribution in [3.63, 3.8) is 0 Å². The first kappa shape index (κ1) is 8.56. The standard InChI is InChI=1S/C9H15N3O/c1-7-6-13-9(10-7)12-4-8(5-12)11(2)3/h6,8H,4-5H2,1-3H3. The average Bonchev–Trinajstić information content (AvgIpc) is 2.31. The Labute approximate surface area is 78.1 Å². The maximum Gasteiger partial charge on any atom is 0.297 e. The van der Waals surface area contributed by atoms with Crippen molar-refractivity contribution in [3.05, 3.63) is 12.0 Å². The van der Waals surface area contributed by atoms with E-state index in [9.17, 15) is 0 Å². The Morgan fingerprint density at radius 2 is 2.23 bits per heavy atom. The van der Waals surface area contributed by atoms with Gasteiger partial charge in [-0.3, -0.25) is 0 Å². The van der Waals surface area contributed by atoms with Crippen LogP contribution < -0.4 is 4.90 Å². The Balaban J connectivity index is 1.93. The van der Waals surface area contributed by atoms with Crippen molar-refractivity contribution in [2.75, 3.05) is 32.1 Å². The predicted octanol–water partition coefficient (Wildman–Crippen LogP) is 0.733. The SMILES string of the molecule is Cc1coc(N2CC(N(C)C)C2)n1. The summed E-state index contributed by atoms with van der Waals surface area (Å²) in [5.41, 5.74) is 0.948. The van der Waals surface area contributed by atoms with E-state index in [2.05, 4.69) is 28.9 Å². The van der Waals surface area contributed by atoms with Crippen LogP contribution in [0.4, 0.5) is 6.01 Å². The highest BCUT2D eigenvalue weighted by Gasteiger charge is 2.30. The monoisotopic (exact) mass is 181 g/mol. The van der Waals surface area contributed by atoms with Crippen molar-refractivity contribution in [3.8, 4) is 0 Å². The summed E-state index contributed by atoms with van der Waals surface area (Å²) in [6, 6.07) is 1.41. The fourth-order valence-corrected chi connectivity index (χ4v) is 1.42. The summed E-state index contributed by atoms with van der Waals surface area (Å²) in [5, 5.41) is 0. The van der Waals surface area contributed by atoms with Gasteiger partial charge in [0.2, 0.25) is 0 Å². The highest BCUT2D eigenvalue weighted by atomic mass is 16.4. The summed E-state index contributed by atoms with van der Waals surface area (Å²) in [5.74, 6) is 0. The molecule has 1 saturated heterocycles. The summed E-state index contributed by atoms with van der Waals surface area (Å²) in [6.07, 6.45) is 1.69. The molecular formula is C9H15N3O. The molecule has 2 rings (SSSR count). The Morgan fingerprint density at radius 3 is 2.69 bits per heavy atom. The summed E-state index contributed by atoms with van der Waals surface area (Å²) in [6.45, 7) is 3.98. The van der Waals surface area contributed by atoms with Gasteiger partial charge >= 0.3 is 0 Å². The Bertz CT molecular complexity index is 289. The molecule has 0 saturated carbocycles. The third-order valence-corrected chi connectivity index (χ3v) is 2.47. The summed E-state index contributed by atoms with van der Waals surface area (Å²) in [7, 11) is 4.20. The van der Waals surface area contributed by atoms with Crippen molar-refractivity contribution >= 4 is 6.01 Å². The molecule has 0 unspecified atom stereocenters. The number of nitrogens with zero attached hydrogens (tertiary/aromatic N) is 3. The van der Waals surface area contributed by atoms with Crippen LogP contribution in [0.15, 0.2) is 10.7 Å². The maximum atomic E-state index is 5.29. The van der Waals surface area contributed by atoms with Gasteiger partial charge in [-0.1, -0.05) is 0 Å². The van der Waals surface area contributed by atoms with Crippen LogP contribution in [-0.2, 0) is 0 Å². The Kier molecular flexibility index (Phi) is 2.00. The molecule has 0 amide bonds. The first-order valence-electron chi connectivity index (χ1n) is 4.50. The van der Waals surface area contributed by atoms with Crippen molar-refractivity contribution < 1.29 is 4.42 Å². The molecule has 4 nitrogen and oxygen atoms in total. The third-order valence-electron chi connectivity index (χ3n) is 2.47. The second kappa shape index (κ2) is 3.03. The lowest BCUT2D eigenvalue weighted by molar-refractivity contribution is 0.238. The summed E-state index contributed by atoms with van der Waals surface area (Å²) < 4.78 is 5.29. The third kappa shape index (κ3) is 1.54. The van der Waals surface area contributed by atoms with Crippen LogP contribution in [0.2, 0.25) is 0 Å². The van der Waals surface area contributed by atoms with Gasteiger partial charge in [0.15, 0.2) is 0 Å². The van der Waals surface area contributed by atoms with E-state index >= 15 is 0 Å². The summed E-state index contributed by atoms with van der Waals surface area (Å²) in [4.78, 5) is 8.65.